The van der Waals surface area contributed by atoms with E-state index in [1.165, 1.54) is 12.8 Å². The van der Waals surface area contributed by atoms with Crippen LogP contribution in [0, 0.1) is 0 Å². The van der Waals surface area contributed by atoms with Gasteiger partial charge in [0.15, 0.2) is 0 Å². The molecule has 4 nitrogen and oxygen atoms in total. The summed E-state index contributed by atoms with van der Waals surface area (Å²) in [5.74, 6) is 1.09. The molecule has 1 N–H and O–H groups in total. The maximum Gasteiger partial charge on any atom is 0.128 e. The molecule has 4 heteroatoms. The van der Waals surface area contributed by atoms with Crippen molar-refractivity contribution in [2.45, 2.75) is 25.3 Å². The third-order valence-electron chi connectivity index (χ3n) is 3.73. The highest BCUT2D eigenvalue weighted by atomic mass is 16.3. The summed E-state index contributed by atoms with van der Waals surface area (Å²) in [6.45, 7) is 3.43. The predicted molar refractivity (Wildman–Crippen MR) is 73.8 cm³/mol. The van der Waals surface area contributed by atoms with Crippen LogP contribution in [0.25, 0.3) is 0 Å². The molecule has 0 radical (unpaired) electrons. The summed E-state index contributed by atoms with van der Waals surface area (Å²) in [6, 6.07) is 6.73. The van der Waals surface area contributed by atoms with Crippen LogP contribution in [-0.4, -0.2) is 54.3 Å². The highest BCUT2D eigenvalue weighted by molar-refractivity contribution is 5.38. The molecule has 0 aliphatic carbocycles. The lowest BCUT2D eigenvalue weighted by atomic mass is 10.0. The Kier molecular flexibility index (Phi) is 4.96. The van der Waals surface area contributed by atoms with Gasteiger partial charge in [0.05, 0.1) is 0 Å². The number of anilines is 1. The van der Waals surface area contributed by atoms with Crippen LogP contribution in [0.1, 0.15) is 19.3 Å². The second-order valence-electron chi connectivity index (χ2n) is 4.96. The molecule has 2 rings (SSSR count). The van der Waals surface area contributed by atoms with Gasteiger partial charge in [-0.1, -0.05) is 6.07 Å². The second-order valence-corrected chi connectivity index (χ2v) is 4.96. The van der Waals surface area contributed by atoms with E-state index in [2.05, 4.69) is 27.9 Å². The zero-order chi connectivity index (χ0) is 12.8. The Morgan fingerprint density at radius 3 is 2.78 bits per heavy atom. The number of aromatic nitrogens is 1. The highest BCUT2D eigenvalue weighted by Crippen LogP contribution is 2.20. The molecule has 0 amide bonds. The Morgan fingerprint density at radius 2 is 2.17 bits per heavy atom. The minimum atomic E-state index is 0.289. The van der Waals surface area contributed by atoms with Gasteiger partial charge < -0.3 is 14.9 Å². The molecule has 2 heterocycles. The second kappa shape index (κ2) is 6.71. The van der Waals surface area contributed by atoms with Gasteiger partial charge in [0, 0.05) is 38.5 Å². The van der Waals surface area contributed by atoms with Crippen molar-refractivity contribution >= 4 is 5.82 Å². The van der Waals surface area contributed by atoms with Gasteiger partial charge in [0.2, 0.25) is 0 Å². The van der Waals surface area contributed by atoms with Crippen molar-refractivity contribution in [2.24, 2.45) is 0 Å². The smallest absolute Gasteiger partial charge is 0.128 e. The predicted octanol–water partition coefficient (Wildman–Crippen LogP) is 1.36. The summed E-state index contributed by atoms with van der Waals surface area (Å²) in [6.07, 6.45) is 5.09. The monoisotopic (exact) mass is 249 g/mol. The zero-order valence-electron chi connectivity index (χ0n) is 11.1. The SMILES string of the molecule is CN(CCCO)C1CCN(c2ccccn2)CC1. The fourth-order valence-electron chi connectivity index (χ4n) is 2.58. The summed E-state index contributed by atoms with van der Waals surface area (Å²) < 4.78 is 0. The first-order valence-electron chi connectivity index (χ1n) is 6.78. The first-order chi connectivity index (χ1) is 8.81. The molecule has 1 fully saturated rings. The fourth-order valence-corrected chi connectivity index (χ4v) is 2.58. The number of rotatable bonds is 5. The molecule has 0 spiro atoms. The summed E-state index contributed by atoms with van der Waals surface area (Å²) in [4.78, 5) is 9.14. The standard InChI is InChI=1S/C14H23N3O/c1-16(9-4-12-18)13-6-10-17(11-7-13)14-5-2-3-8-15-14/h2-3,5,8,13,18H,4,6-7,9-12H2,1H3. The number of aliphatic hydroxyl groups excluding tert-OH is 1. The van der Waals surface area contributed by atoms with E-state index in [1.54, 1.807) is 0 Å². The summed E-state index contributed by atoms with van der Waals surface area (Å²) in [5, 5.41) is 8.86. The van der Waals surface area contributed by atoms with Crippen LogP contribution in [-0.2, 0) is 0 Å². The molecule has 0 saturated carbocycles. The van der Waals surface area contributed by atoms with Crippen molar-refractivity contribution < 1.29 is 5.11 Å². The third kappa shape index (κ3) is 3.43. The van der Waals surface area contributed by atoms with Crippen molar-refractivity contribution in [1.82, 2.24) is 9.88 Å². The molecular formula is C14H23N3O. The molecule has 1 aromatic rings. The van der Waals surface area contributed by atoms with Crippen LogP contribution in [0.2, 0.25) is 0 Å². The number of nitrogens with zero attached hydrogens (tertiary/aromatic N) is 3. The number of pyridine rings is 1. The van der Waals surface area contributed by atoms with E-state index in [4.69, 9.17) is 5.11 Å². The Labute approximate surface area is 109 Å². The van der Waals surface area contributed by atoms with Gasteiger partial charge in [0.25, 0.3) is 0 Å². The molecule has 1 aliphatic rings. The summed E-state index contributed by atoms with van der Waals surface area (Å²) in [5.41, 5.74) is 0. The van der Waals surface area contributed by atoms with Crippen molar-refractivity contribution in [3.05, 3.63) is 24.4 Å². The molecule has 0 aromatic carbocycles. The van der Waals surface area contributed by atoms with Crippen molar-refractivity contribution in [2.75, 3.05) is 38.2 Å². The van der Waals surface area contributed by atoms with Crippen molar-refractivity contribution in [3.8, 4) is 0 Å². The Hall–Kier alpha value is -1.13. The molecule has 100 valence electrons. The first kappa shape index (κ1) is 13.3. The Bertz CT molecular complexity index is 336. The minimum Gasteiger partial charge on any atom is -0.396 e. The molecule has 18 heavy (non-hydrogen) atoms. The van der Waals surface area contributed by atoms with Gasteiger partial charge >= 0.3 is 0 Å². The van der Waals surface area contributed by atoms with Crippen molar-refractivity contribution in [3.63, 3.8) is 0 Å². The zero-order valence-corrected chi connectivity index (χ0v) is 11.1. The highest BCUT2D eigenvalue weighted by Gasteiger charge is 2.22. The van der Waals surface area contributed by atoms with Gasteiger partial charge in [0.1, 0.15) is 5.82 Å². The quantitative estimate of drug-likeness (QED) is 0.855. The molecule has 0 unspecified atom stereocenters. The maximum absolute atomic E-state index is 8.86. The van der Waals surface area contributed by atoms with Gasteiger partial charge in [-0.15, -0.1) is 0 Å². The average Bonchev–Trinajstić information content (AvgIpc) is 2.46. The topological polar surface area (TPSA) is 39.6 Å². The summed E-state index contributed by atoms with van der Waals surface area (Å²) >= 11 is 0. The normalized spacial score (nSPS) is 17.4. The van der Waals surface area contributed by atoms with Crippen LogP contribution >= 0.6 is 0 Å². The van der Waals surface area contributed by atoms with E-state index in [-0.39, 0.29) is 6.61 Å². The third-order valence-corrected chi connectivity index (χ3v) is 3.73. The van der Waals surface area contributed by atoms with Crippen LogP contribution in [0.4, 0.5) is 5.82 Å². The molecule has 1 saturated heterocycles. The van der Waals surface area contributed by atoms with E-state index in [1.807, 2.05) is 18.3 Å². The Balaban J connectivity index is 1.81. The largest absolute Gasteiger partial charge is 0.396 e. The minimum absolute atomic E-state index is 0.289. The van der Waals surface area contributed by atoms with Gasteiger partial charge in [-0.3, -0.25) is 0 Å². The molecular weight excluding hydrogens is 226 g/mol. The molecule has 0 atom stereocenters. The number of hydrogen-bond acceptors (Lipinski definition) is 4. The Morgan fingerprint density at radius 1 is 1.39 bits per heavy atom. The van der Waals surface area contributed by atoms with Crippen molar-refractivity contribution in [1.29, 1.82) is 0 Å². The van der Waals surface area contributed by atoms with Gasteiger partial charge in [-0.05, 0) is 38.4 Å². The van der Waals surface area contributed by atoms with E-state index in [0.29, 0.717) is 6.04 Å². The maximum atomic E-state index is 8.86. The lowest BCUT2D eigenvalue weighted by Crippen LogP contribution is -2.44. The van der Waals surface area contributed by atoms with E-state index >= 15 is 0 Å². The lowest BCUT2D eigenvalue weighted by Gasteiger charge is -2.37. The van der Waals surface area contributed by atoms with Crippen LogP contribution in [0.5, 0.6) is 0 Å². The van der Waals surface area contributed by atoms with E-state index < -0.39 is 0 Å². The van der Waals surface area contributed by atoms with E-state index in [0.717, 1.165) is 31.9 Å². The van der Waals surface area contributed by atoms with Gasteiger partial charge in [-0.2, -0.15) is 0 Å². The molecule has 0 bridgehead atoms. The van der Waals surface area contributed by atoms with Crippen LogP contribution in [0.15, 0.2) is 24.4 Å². The first-order valence-corrected chi connectivity index (χ1v) is 6.78. The summed E-state index contributed by atoms with van der Waals surface area (Å²) in [7, 11) is 2.16. The average molecular weight is 249 g/mol. The van der Waals surface area contributed by atoms with Crippen LogP contribution in [0.3, 0.4) is 0 Å². The van der Waals surface area contributed by atoms with Crippen LogP contribution < -0.4 is 4.90 Å². The number of aliphatic hydroxyl groups is 1. The fraction of sp³-hybridized carbons (Fsp3) is 0.643. The molecule has 1 aliphatic heterocycles. The number of hydrogen-bond donors (Lipinski definition) is 1. The van der Waals surface area contributed by atoms with Gasteiger partial charge in [-0.25, -0.2) is 4.98 Å². The molecule has 1 aromatic heterocycles. The number of piperidine rings is 1. The lowest BCUT2D eigenvalue weighted by molar-refractivity contribution is 0.184. The van der Waals surface area contributed by atoms with E-state index in [9.17, 15) is 0 Å².